The van der Waals surface area contributed by atoms with E-state index in [1.54, 1.807) is 24.3 Å². The number of aromatic hydroxyl groups is 4. The van der Waals surface area contributed by atoms with E-state index in [0.29, 0.717) is 0 Å². The molecule has 0 radical (unpaired) electrons. The summed E-state index contributed by atoms with van der Waals surface area (Å²) in [6, 6.07) is 9.69. The van der Waals surface area contributed by atoms with Crippen molar-refractivity contribution in [3.63, 3.8) is 0 Å². The van der Waals surface area contributed by atoms with Crippen LogP contribution < -0.4 is 0 Å². The van der Waals surface area contributed by atoms with Gasteiger partial charge in [0.2, 0.25) is 0 Å². The first-order valence-corrected chi connectivity index (χ1v) is 13.2. The first-order chi connectivity index (χ1) is 16.5. The Labute approximate surface area is 206 Å². The minimum absolute atomic E-state index is 0.141. The number of hydrogen-bond donors (Lipinski definition) is 4. The van der Waals surface area contributed by atoms with E-state index in [4.69, 9.17) is 0 Å². The number of rotatable bonds is 18. The lowest BCUT2D eigenvalue weighted by molar-refractivity contribution is 0.447. The zero-order valence-corrected chi connectivity index (χ0v) is 20.7. The number of hydrogen-bond acceptors (Lipinski definition) is 4. The molecule has 2 aromatic carbocycles. The van der Waals surface area contributed by atoms with E-state index in [9.17, 15) is 20.4 Å². The van der Waals surface area contributed by atoms with E-state index in [-0.39, 0.29) is 23.0 Å². The van der Waals surface area contributed by atoms with Crippen LogP contribution in [-0.2, 0) is 12.8 Å². The fraction of sp³-hybridized carbons (Fsp3) is 0.533. The molecule has 0 aliphatic rings. The topological polar surface area (TPSA) is 80.9 Å². The lowest BCUT2D eigenvalue weighted by Crippen LogP contribution is -1.87. The van der Waals surface area contributed by atoms with Crippen molar-refractivity contribution >= 4 is 0 Å². The van der Waals surface area contributed by atoms with Crippen LogP contribution in [0.5, 0.6) is 23.0 Å². The second-order valence-electron chi connectivity index (χ2n) is 9.51. The molecule has 2 rings (SSSR count). The van der Waals surface area contributed by atoms with Gasteiger partial charge in [-0.05, 0) is 86.8 Å². The summed E-state index contributed by atoms with van der Waals surface area (Å²) in [6.45, 7) is 0. The van der Waals surface area contributed by atoms with Crippen LogP contribution in [0.3, 0.4) is 0 Å². The lowest BCUT2D eigenvalue weighted by Gasteiger charge is -2.04. The maximum atomic E-state index is 9.51. The molecule has 0 saturated heterocycles. The Kier molecular flexibility index (Phi) is 13.7. The lowest BCUT2D eigenvalue weighted by atomic mass is 10.0. The first-order valence-electron chi connectivity index (χ1n) is 13.2. The molecule has 0 heterocycles. The molecule has 0 atom stereocenters. The average molecular weight is 469 g/mol. The Morgan fingerprint density at radius 2 is 0.676 bits per heavy atom. The molecule has 0 bridgehead atoms. The van der Waals surface area contributed by atoms with Gasteiger partial charge in [0, 0.05) is 12.1 Å². The van der Waals surface area contributed by atoms with Crippen molar-refractivity contribution in [3.8, 4) is 23.0 Å². The van der Waals surface area contributed by atoms with Crippen LogP contribution in [0, 0.1) is 0 Å². The van der Waals surface area contributed by atoms with Gasteiger partial charge in [0.15, 0.2) is 0 Å². The zero-order chi connectivity index (χ0) is 24.4. The molecule has 0 aliphatic heterocycles. The number of unbranched alkanes of at least 4 members (excludes halogenated alkanes) is 12. The van der Waals surface area contributed by atoms with E-state index in [1.165, 1.54) is 89.2 Å². The molecule has 4 N–H and O–H groups in total. The quantitative estimate of drug-likeness (QED) is 0.131. The Bertz CT molecular complexity index is 803. The Balaban J connectivity index is 1.32. The van der Waals surface area contributed by atoms with Gasteiger partial charge in [-0.15, -0.1) is 0 Å². The molecule has 188 valence electrons. The van der Waals surface area contributed by atoms with Crippen molar-refractivity contribution in [2.24, 2.45) is 0 Å². The van der Waals surface area contributed by atoms with Crippen molar-refractivity contribution in [1.82, 2.24) is 0 Å². The minimum Gasteiger partial charge on any atom is -0.508 e. The van der Waals surface area contributed by atoms with Crippen molar-refractivity contribution in [3.05, 3.63) is 59.7 Å². The first kappa shape index (κ1) is 27.6. The smallest absolute Gasteiger partial charge is 0.119 e. The highest BCUT2D eigenvalue weighted by molar-refractivity contribution is 5.37. The summed E-state index contributed by atoms with van der Waals surface area (Å²) in [6.07, 6.45) is 23.7. The molecule has 2 aromatic rings. The van der Waals surface area contributed by atoms with Crippen LogP contribution >= 0.6 is 0 Å². The van der Waals surface area contributed by atoms with E-state index >= 15 is 0 Å². The molecule has 4 heteroatoms. The summed E-state index contributed by atoms with van der Waals surface area (Å²) in [5, 5.41) is 38.0. The second-order valence-corrected chi connectivity index (χ2v) is 9.51. The van der Waals surface area contributed by atoms with Crippen molar-refractivity contribution in [2.45, 2.75) is 103 Å². The molecule has 4 nitrogen and oxygen atoms in total. The van der Waals surface area contributed by atoms with Crippen molar-refractivity contribution < 1.29 is 20.4 Å². The molecular weight excluding hydrogens is 424 g/mol. The largest absolute Gasteiger partial charge is 0.508 e. The number of phenolic OH excluding ortho intramolecular Hbond substituents is 4. The van der Waals surface area contributed by atoms with E-state index in [2.05, 4.69) is 12.2 Å². The van der Waals surface area contributed by atoms with Crippen molar-refractivity contribution in [2.75, 3.05) is 0 Å². The van der Waals surface area contributed by atoms with Gasteiger partial charge in [0.05, 0.1) is 0 Å². The standard InChI is InChI=1S/C30H44O4/c31-27-19-25(20-28(32)23-27)17-15-13-11-9-7-5-3-1-2-4-6-8-10-12-14-16-18-26-21-29(33)24-30(34)22-26/h1,3,19-24,31-34H,2,4-18H2/b3-1-. The molecule has 0 aliphatic carbocycles. The van der Waals surface area contributed by atoms with Gasteiger partial charge in [0.25, 0.3) is 0 Å². The number of phenols is 4. The molecule has 0 amide bonds. The Hall–Kier alpha value is -2.62. The minimum atomic E-state index is 0.141. The van der Waals surface area contributed by atoms with Crippen LogP contribution in [0.2, 0.25) is 0 Å². The monoisotopic (exact) mass is 468 g/mol. The number of allylic oxidation sites excluding steroid dienone is 2. The summed E-state index contributed by atoms with van der Waals surface area (Å²) in [5.41, 5.74) is 2.02. The highest BCUT2D eigenvalue weighted by Gasteiger charge is 2.01. The SMILES string of the molecule is Oc1cc(O)cc(CCCCCCC/C=C\CCCCCCCCCc2cc(O)cc(O)c2)c1. The summed E-state index contributed by atoms with van der Waals surface area (Å²) >= 11 is 0. The molecule has 0 unspecified atom stereocenters. The molecule has 0 aromatic heterocycles. The predicted octanol–water partition coefficient (Wildman–Crippen LogP) is 8.31. The van der Waals surface area contributed by atoms with Gasteiger partial charge in [0.1, 0.15) is 23.0 Å². The zero-order valence-electron chi connectivity index (χ0n) is 20.7. The highest BCUT2D eigenvalue weighted by atomic mass is 16.3. The summed E-state index contributed by atoms with van der Waals surface area (Å²) in [4.78, 5) is 0. The van der Waals surface area contributed by atoms with Crippen LogP contribution in [0.15, 0.2) is 48.6 Å². The normalized spacial score (nSPS) is 11.4. The molecule has 0 spiro atoms. The van der Waals surface area contributed by atoms with Gasteiger partial charge in [-0.25, -0.2) is 0 Å². The Morgan fingerprint density at radius 1 is 0.382 bits per heavy atom. The van der Waals surface area contributed by atoms with Crippen LogP contribution in [-0.4, -0.2) is 20.4 Å². The van der Waals surface area contributed by atoms with E-state index in [1.807, 2.05) is 0 Å². The fourth-order valence-corrected chi connectivity index (χ4v) is 4.43. The highest BCUT2D eigenvalue weighted by Crippen LogP contribution is 2.23. The van der Waals surface area contributed by atoms with Gasteiger partial charge in [-0.3, -0.25) is 0 Å². The van der Waals surface area contributed by atoms with Crippen LogP contribution in [0.25, 0.3) is 0 Å². The predicted molar refractivity (Wildman–Crippen MR) is 141 cm³/mol. The number of aryl methyl sites for hydroxylation is 2. The maximum absolute atomic E-state index is 9.51. The summed E-state index contributed by atoms with van der Waals surface area (Å²) < 4.78 is 0. The second kappa shape index (κ2) is 16.9. The van der Waals surface area contributed by atoms with E-state index in [0.717, 1.165) is 36.8 Å². The van der Waals surface area contributed by atoms with Gasteiger partial charge >= 0.3 is 0 Å². The Morgan fingerprint density at radius 3 is 1.03 bits per heavy atom. The molecule has 0 fully saturated rings. The third kappa shape index (κ3) is 13.2. The fourth-order valence-electron chi connectivity index (χ4n) is 4.43. The maximum Gasteiger partial charge on any atom is 0.119 e. The number of benzene rings is 2. The van der Waals surface area contributed by atoms with Gasteiger partial charge in [-0.1, -0.05) is 63.5 Å². The van der Waals surface area contributed by atoms with Crippen LogP contribution in [0.4, 0.5) is 0 Å². The van der Waals surface area contributed by atoms with Gasteiger partial charge in [-0.2, -0.15) is 0 Å². The van der Waals surface area contributed by atoms with Crippen molar-refractivity contribution in [1.29, 1.82) is 0 Å². The molecule has 34 heavy (non-hydrogen) atoms. The van der Waals surface area contributed by atoms with Crippen LogP contribution in [0.1, 0.15) is 101 Å². The van der Waals surface area contributed by atoms with E-state index < -0.39 is 0 Å². The summed E-state index contributed by atoms with van der Waals surface area (Å²) in [5.74, 6) is 0.569. The molecule has 0 saturated carbocycles. The third-order valence-electron chi connectivity index (χ3n) is 6.26. The molecular formula is C30H44O4. The average Bonchev–Trinajstić information content (AvgIpc) is 2.77. The summed E-state index contributed by atoms with van der Waals surface area (Å²) in [7, 11) is 0. The van der Waals surface area contributed by atoms with Gasteiger partial charge < -0.3 is 20.4 Å². The third-order valence-corrected chi connectivity index (χ3v) is 6.26.